The Labute approximate surface area is 76.5 Å². The van der Waals surface area contributed by atoms with E-state index in [0.717, 1.165) is 0 Å². The Morgan fingerprint density at radius 1 is 0.364 bits per heavy atom. The molecule has 0 aliphatic rings. The molecule has 11 heavy (non-hydrogen) atoms. The van der Waals surface area contributed by atoms with E-state index in [1.807, 2.05) is 0 Å². The number of rotatable bonds is 0. The van der Waals surface area contributed by atoms with Gasteiger partial charge in [0.05, 0.1) is 0 Å². The first-order valence-electron chi connectivity index (χ1n) is 1.02. The van der Waals surface area contributed by atoms with Gasteiger partial charge >= 0.3 is 56.5 Å². The number of hydrogen-bond acceptors (Lipinski definition) is 0. The zero-order valence-electron chi connectivity index (χ0n) is 4.89. The standard InChI is InChI=1S/5CO.Ru/c5*1-2;. The van der Waals surface area contributed by atoms with Gasteiger partial charge in [0.2, 0.25) is 0 Å². The molecular formula is C5O5Ru. The summed E-state index contributed by atoms with van der Waals surface area (Å²) in [5.74, 6) is 0. The molecule has 0 aliphatic carbocycles. The van der Waals surface area contributed by atoms with E-state index in [9.17, 15) is 0 Å². The molecule has 0 aromatic rings. The van der Waals surface area contributed by atoms with Gasteiger partial charge in [0.25, 0.3) is 0 Å². The molecule has 0 amide bonds. The first kappa shape index (κ1) is 48.0. The number of hydrogen-bond donors (Lipinski definition) is 0. The molecule has 0 atom stereocenters. The summed E-state index contributed by atoms with van der Waals surface area (Å²) in [5, 5.41) is 0. The molecule has 0 saturated carbocycles. The monoisotopic (exact) mass is 242 g/mol. The largest absolute Gasteiger partial charge is 0 e. The van der Waals surface area contributed by atoms with E-state index in [2.05, 4.69) is 33.3 Å². The van der Waals surface area contributed by atoms with Crippen LogP contribution in [0, 0.1) is 33.3 Å². The Morgan fingerprint density at radius 2 is 0.364 bits per heavy atom. The summed E-state index contributed by atoms with van der Waals surface area (Å²) < 4.78 is 37.5. The van der Waals surface area contributed by atoms with E-state index in [-0.39, 0.29) is 19.5 Å². The van der Waals surface area contributed by atoms with Gasteiger partial charge in [-0.3, -0.25) is 0 Å². The summed E-state index contributed by atoms with van der Waals surface area (Å²) >= 11 is 0. The van der Waals surface area contributed by atoms with Crippen LogP contribution in [0.3, 0.4) is 0 Å². The fraction of sp³-hybridized carbons (Fsp3) is 0. The zero-order valence-corrected chi connectivity index (χ0v) is 6.63. The zero-order chi connectivity index (χ0) is 10.0. The van der Waals surface area contributed by atoms with Crippen LogP contribution in [-0.4, -0.2) is 0 Å². The molecule has 0 bridgehead atoms. The van der Waals surface area contributed by atoms with Gasteiger partial charge in [-0.1, -0.05) is 0 Å². The Morgan fingerprint density at radius 3 is 0.364 bits per heavy atom. The molecule has 0 N–H and O–H groups in total. The maximum Gasteiger partial charge on any atom is 0 e. The van der Waals surface area contributed by atoms with Gasteiger partial charge in [-0.25, -0.2) is 0 Å². The van der Waals surface area contributed by atoms with E-state index in [0.29, 0.717) is 0 Å². The van der Waals surface area contributed by atoms with Crippen molar-refractivity contribution in [2.45, 2.75) is 0 Å². The van der Waals surface area contributed by atoms with Crippen LogP contribution in [0.25, 0.3) is 0 Å². The third-order valence-electron chi connectivity index (χ3n) is 0. The van der Waals surface area contributed by atoms with Gasteiger partial charge in [0, 0.05) is 19.5 Å². The van der Waals surface area contributed by atoms with E-state index in [4.69, 9.17) is 23.3 Å². The quantitative estimate of drug-likeness (QED) is 0.319. The van der Waals surface area contributed by atoms with Crippen LogP contribution in [0.15, 0.2) is 0 Å². The molecule has 6 heteroatoms. The minimum atomic E-state index is 0. The van der Waals surface area contributed by atoms with Gasteiger partial charge in [-0.05, 0) is 0 Å². The van der Waals surface area contributed by atoms with Gasteiger partial charge in [-0.2, -0.15) is 0 Å². The smallest absolute Gasteiger partial charge is 0 e. The fourth-order valence-electron chi connectivity index (χ4n) is 0. The van der Waals surface area contributed by atoms with Crippen LogP contribution in [-0.2, 0) is 42.7 Å². The van der Waals surface area contributed by atoms with Crippen molar-refractivity contribution in [2.75, 3.05) is 0 Å². The van der Waals surface area contributed by atoms with Gasteiger partial charge in [0.15, 0.2) is 0 Å². The van der Waals surface area contributed by atoms with Crippen molar-refractivity contribution in [3.05, 3.63) is 33.3 Å². The maximum atomic E-state index is 7.50. The topological polar surface area (TPSA) is 99.5 Å². The second-order valence-electron chi connectivity index (χ2n) is 0. The second kappa shape index (κ2) is 1410. The van der Waals surface area contributed by atoms with Crippen LogP contribution in [0.4, 0.5) is 0 Å². The molecule has 0 fully saturated rings. The van der Waals surface area contributed by atoms with Crippen molar-refractivity contribution in [3.8, 4) is 0 Å². The van der Waals surface area contributed by atoms with Crippen LogP contribution in [0.1, 0.15) is 0 Å². The average Bonchev–Trinajstić information content (AvgIpc) is 2.20. The van der Waals surface area contributed by atoms with Crippen molar-refractivity contribution < 1.29 is 42.7 Å². The molecule has 0 rings (SSSR count). The summed E-state index contributed by atoms with van der Waals surface area (Å²) in [6.45, 7) is 22.5. The average molecular weight is 241 g/mol. The van der Waals surface area contributed by atoms with Gasteiger partial charge in [-0.15, -0.1) is 0 Å². The molecule has 0 saturated heterocycles. The summed E-state index contributed by atoms with van der Waals surface area (Å²) in [5.41, 5.74) is 0. The summed E-state index contributed by atoms with van der Waals surface area (Å²) in [4.78, 5) is 0. The van der Waals surface area contributed by atoms with Gasteiger partial charge < -0.3 is 0 Å². The first-order valence-corrected chi connectivity index (χ1v) is 1.02. The summed E-state index contributed by atoms with van der Waals surface area (Å²) in [6, 6.07) is 0. The molecule has 0 aliphatic heterocycles. The predicted octanol–water partition coefficient (Wildman–Crippen LogP) is -0.190. The minimum absolute atomic E-state index is 0. The van der Waals surface area contributed by atoms with Crippen LogP contribution in [0.2, 0.25) is 0 Å². The molecular weight excluding hydrogens is 241 g/mol. The van der Waals surface area contributed by atoms with Crippen molar-refractivity contribution in [2.24, 2.45) is 0 Å². The molecule has 0 unspecified atom stereocenters. The van der Waals surface area contributed by atoms with Gasteiger partial charge in [0.1, 0.15) is 0 Å². The van der Waals surface area contributed by atoms with Crippen LogP contribution < -0.4 is 0 Å². The third-order valence-corrected chi connectivity index (χ3v) is 0. The Hall–Kier alpha value is -0.677. The molecule has 5 nitrogen and oxygen atoms in total. The van der Waals surface area contributed by atoms with Crippen molar-refractivity contribution in [1.29, 1.82) is 0 Å². The van der Waals surface area contributed by atoms with Crippen molar-refractivity contribution >= 4 is 0 Å². The molecule has 58 valence electrons. The van der Waals surface area contributed by atoms with Crippen LogP contribution in [0.5, 0.6) is 0 Å². The fourth-order valence-corrected chi connectivity index (χ4v) is 0. The maximum absolute atomic E-state index is 7.50. The molecule has 0 aromatic carbocycles. The van der Waals surface area contributed by atoms with Crippen molar-refractivity contribution in [1.82, 2.24) is 0 Å². The van der Waals surface area contributed by atoms with E-state index in [1.165, 1.54) is 0 Å². The van der Waals surface area contributed by atoms with E-state index >= 15 is 0 Å². The molecule has 0 radical (unpaired) electrons. The first-order chi connectivity index (χ1) is 5.00. The molecule has 0 aromatic heterocycles. The van der Waals surface area contributed by atoms with Crippen LogP contribution >= 0.6 is 0 Å². The Balaban J connectivity index is -0.00000000694. The van der Waals surface area contributed by atoms with E-state index in [1.54, 1.807) is 0 Å². The molecule has 0 heterocycles. The van der Waals surface area contributed by atoms with Crippen molar-refractivity contribution in [3.63, 3.8) is 0 Å². The predicted molar refractivity (Wildman–Crippen MR) is 19.6 cm³/mol. The summed E-state index contributed by atoms with van der Waals surface area (Å²) in [7, 11) is 0. The summed E-state index contributed by atoms with van der Waals surface area (Å²) in [6.07, 6.45) is 0. The minimum Gasteiger partial charge on any atom is 0 e. The third kappa shape index (κ3) is 1090. The van der Waals surface area contributed by atoms with E-state index < -0.39 is 0 Å². The SMILES string of the molecule is [C-]#[O+].[C-]#[O+].[C-]#[O+].[C-]#[O+].[C-]#[O+].[Ru]. The Kier molecular flexibility index (Phi) is 6160. The second-order valence-corrected chi connectivity index (χ2v) is 0. The molecule has 0 spiro atoms. The Bertz CT molecular complexity index is 73.4. The normalized spacial score (nSPS) is 0.909.